The number of carbonyl (C=O) groups excluding carboxylic acids is 1. The fraction of sp³-hybridized carbons (Fsp3) is 0.278. The number of benzene rings is 2. The molecule has 0 aromatic heterocycles. The molecule has 2 aromatic carbocycles. The largest absolute Gasteiger partial charge is 0.355 e. The van der Waals surface area contributed by atoms with E-state index in [0.29, 0.717) is 13.0 Å². The van der Waals surface area contributed by atoms with Crippen LogP contribution in [0.4, 0.5) is 0 Å². The van der Waals surface area contributed by atoms with Gasteiger partial charge in [0.25, 0.3) is 0 Å². The third-order valence-electron chi connectivity index (χ3n) is 4.18. The van der Waals surface area contributed by atoms with E-state index in [2.05, 4.69) is 5.32 Å². The van der Waals surface area contributed by atoms with Gasteiger partial charge in [-0.15, -0.1) is 23.2 Å². The Balaban J connectivity index is 1.68. The lowest BCUT2D eigenvalue weighted by molar-refractivity contribution is -0.123. The number of hydrogen-bond donors (Lipinski definition) is 1. The van der Waals surface area contributed by atoms with Gasteiger partial charge in [0.05, 0.1) is 0 Å². The van der Waals surface area contributed by atoms with E-state index >= 15 is 0 Å². The molecular weight excluding hydrogens is 317 g/mol. The highest BCUT2D eigenvalue weighted by Crippen LogP contribution is 2.64. The Morgan fingerprint density at radius 2 is 1.55 bits per heavy atom. The van der Waals surface area contributed by atoms with E-state index in [9.17, 15) is 4.79 Å². The van der Waals surface area contributed by atoms with Gasteiger partial charge in [-0.1, -0.05) is 60.7 Å². The Bertz CT molecular complexity index is 657. The summed E-state index contributed by atoms with van der Waals surface area (Å²) in [4.78, 5) is 12.7. The maximum atomic E-state index is 12.7. The topological polar surface area (TPSA) is 29.1 Å². The molecule has 0 bridgehead atoms. The minimum Gasteiger partial charge on any atom is -0.355 e. The van der Waals surface area contributed by atoms with Crippen molar-refractivity contribution in [1.29, 1.82) is 0 Å². The van der Waals surface area contributed by atoms with Gasteiger partial charge in [-0.3, -0.25) is 4.79 Å². The average Bonchev–Trinajstić information content (AvgIpc) is 3.13. The average molecular weight is 334 g/mol. The van der Waals surface area contributed by atoms with Gasteiger partial charge in [0.2, 0.25) is 5.91 Å². The van der Waals surface area contributed by atoms with E-state index in [1.807, 2.05) is 60.7 Å². The normalized spacial score (nSPS) is 22.1. The minimum absolute atomic E-state index is 0.0976. The molecule has 0 aliphatic heterocycles. The van der Waals surface area contributed by atoms with Crippen LogP contribution >= 0.6 is 23.2 Å². The number of alkyl halides is 2. The first-order chi connectivity index (χ1) is 10.6. The van der Waals surface area contributed by atoms with Crippen molar-refractivity contribution in [2.75, 3.05) is 6.54 Å². The molecule has 1 atom stereocenters. The summed E-state index contributed by atoms with van der Waals surface area (Å²) in [5.41, 5.74) is 1.24. The van der Waals surface area contributed by atoms with Crippen LogP contribution in [0.25, 0.3) is 0 Å². The van der Waals surface area contributed by atoms with Crippen molar-refractivity contribution in [3.8, 4) is 0 Å². The van der Waals surface area contributed by atoms with Crippen molar-refractivity contribution in [1.82, 2.24) is 5.32 Å². The van der Waals surface area contributed by atoms with E-state index in [4.69, 9.17) is 23.2 Å². The van der Waals surface area contributed by atoms with Crippen LogP contribution in [-0.4, -0.2) is 16.8 Å². The molecule has 0 radical (unpaired) electrons. The van der Waals surface area contributed by atoms with Crippen LogP contribution in [0.1, 0.15) is 17.5 Å². The standard InChI is InChI=1S/C18H17Cl2NO/c19-18(20)13-17(18,15-9-5-2-6-10-15)16(22)21-12-11-14-7-3-1-4-8-14/h1-10H,11-13H2,(H,21,22)/t17-/m1/s1. The molecule has 0 heterocycles. The van der Waals surface area contributed by atoms with Gasteiger partial charge in [0, 0.05) is 13.0 Å². The molecule has 1 aliphatic carbocycles. The lowest BCUT2D eigenvalue weighted by Crippen LogP contribution is -2.39. The summed E-state index contributed by atoms with van der Waals surface area (Å²) in [7, 11) is 0. The summed E-state index contributed by atoms with van der Waals surface area (Å²) in [5, 5.41) is 2.98. The number of carbonyl (C=O) groups is 1. The highest BCUT2D eigenvalue weighted by molar-refractivity contribution is 6.54. The molecule has 2 nitrogen and oxygen atoms in total. The molecule has 1 aliphatic rings. The molecule has 3 rings (SSSR count). The van der Waals surface area contributed by atoms with Crippen LogP contribution in [-0.2, 0) is 16.6 Å². The van der Waals surface area contributed by atoms with Crippen LogP contribution in [0, 0.1) is 0 Å². The molecule has 114 valence electrons. The van der Waals surface area contributed by atoms with Crippen molar-refractivity contribution >= 4 is 29.1 Å². The van der Waals surface area contributed by atoms with E-state index in [1.54, 1.807) is 0 Å². The SMILES string of the molecule is O=C(NCCc1ccccc1)[C@]1(c2ccccc2)CC1(Cl)Cl. The Morgan fingerprint density at radius 1 is 1.00 bits per heavy atom. The van der Waals surface area contributed by atoms with Crippen molar-refractivity contribution in [3.63, 3.8) is 0 Å². The Hall–Kier alpha value is -1.51. The lowest BCUT2D eigenvalue weighted by Gasteiger charge is -2.18. The fourth-order valence-corrected chi connectivity index (χ4v) is 3.61. The predicted octanol–water partition coefficient (Wildman–Crippen LogP) is 3.86. The van der Waals surface area contributed by atoms with E-state index in [-0.39, 0.29) is 5.91 Å². The Morgan fingerprint density at radius 3 is 2.09 bits per heavy atom. The molecule has 22 heavy (non-hydrogen) atoms. The Labute approximate surface area is 140 Å². The van der Waals surface area contributed by atoms with Crippen LogP contribution in [0.3, 0.4) is 0 Å². The molecule has 0 unspecified atom stereocenters. The number of hydrogen-bond acceptors (Lipinski definition) is 1. The first-order valence-corrected chi connectivity index (χ1v) is 8.07. The summed E-state index contributed by atoms with van der Waals surface area (Å²) in [6.07, 6.45) is 1.24. The lowest BCUT2D eigenvalue weighted by atomic mass is 9.95. The van der Waals surface area contributed by atoms with Gasteiger partial charge in [-0.2, -0.15) is 0 Å². The van der Waals surface area contributed by atoms with Gasteiger partial charge < -0.3 is 5.32 Å². The molecule has 1 N–H and O–H groups in total. The number of amides is 1. The molecule has 0 saturated heterocycles. The van der Waals surface area contributed by atoms with E-state index < -0.39 is 9.75 Å². The number of nitrogens with one attached hydrogen (secondary N) is 1. The molecule has 1 fully saturated rings. The second-order valence-corrected chi connectivity index (χ2v) is 7.13. The summed E-state index contributed by atoms with van der Waals surface area (Å²) in [5.74, 6) is -0.0976. The second-order valence-electron chi connectivity index (χ2n) is 5.64. The monoisotopic (exact) mass is 333 g/mol. The predicted molar refractivity (Wildman–Crippen MR) is 90.3 cm³/mol. The smallest absolute Gasteiger partial charge is 0.233 e. The van der Waals surface area contributed by atoms with Gasteiger partial charge in [-0.05, 0) is 17.5 Å². The van der Waals surface area contributed by atoms with Crippen molar-refractivity contribution in [2.24, 2.45) is 0 Å². The van der Waals surface area contributed by atoms with Gasteiger partial charge in [-0.25, -0.2) is 0 Å². The van der Waals surface area contributed by atoms with E-state index in [1.165, 1.54) is 5.56 Å². The van der Waals surface area contributed by atoms with Gasteiger partial charge >= 0.3 is 0 Å². The van der Waals surface area contributed by atoms with Crippen molar-refractivity contribution in [2.45, 2.75) is 22.6 Å². The van der Waals surface area contributed by atoms with Gasteiger partial charge in [0.1, 0.15) is 9.75 Å². The molecule has 0 spiro atoms. The van der Waals surface area contributed by atoms with Crippen LogP contribution in [0.5, 0.6) is 0 Å². The zero-order valence-corrected chi connectivity index (χ0v) is 13.6. The van der Waals surface area contributed by atoms with Crippen LogP contribution < -0.4 is 5.32 Å². The maximum absolute atomic E-state index is 12.7. The summed E-state index contributed by atoms with van der Waals surface area (Å²) < 4.78 is -1.02. The molecule has 1 saturated carbocycles. The third-order valence-corrected chi connectivity index (χ3v) is 5.10. The number of halogens is 2. The zero-order chi connectivity index (χ0) is 15.6. The molecule has 2 aromatic rings. The minimum atomic E-state index is -1.02. The van der Waals surface area contributed by atoms with Crippen molar-refractivity contribution < 1.29 is 4.79 Å². The number of rotatable bonds is 5. The first-order valence-electron chi connectivity index (χ1n) is 7.32. The maximum Gasteiger partial charge on any atom is 0.233 e. The van der Waals surface area contributed by atoms with Crippen molar-refractivity contribution in [3.05, 3.63) is 71.8 Å². The first kappa shape index (κ1) is 15.4. The second kappa shape index (κ2) is 5.94. The zero-order valence-electron chi connectivity index (χ0n) is 12.1. The highest BCUT2D eigenvalue weighted by atomic mass is 35.5. The molecule has 4 heteroatoms. The van der Waals surface area contributed by atoms with Crippen LogP contribution in [0.2, 0.25) is 0 Å². The summed E-state index contributed by atoms with van der Waals surface area (Å²) >= 11 is 12.6. The van der Waals surface area contributed by atoms with Gasteiger partial charge in [0.15, 0.2) is 0 Å². The van der Waals surface area contributed by atoms with Crippen LogP contribution in [0.15, 0.2) is 60.7 Å². The fourth-order valence-electron chi connectivity index (χ4n) is 2.82. The highest BCUT2D eigenvalue weighted by Gasteiger charge is 2.71. The quantitative estimate of drug-likeness (QED) is 0.827. The Kier molecular flexibility index (Phi) is 4.16. The third kappa shape index (κ3) is 2.73. The molecule has 1 amide bonds. The summed E-state index contributed by atoms with van der Waals surface area (Å²) in [6, 6.07) is 19.6. The molecular formula is C18H17Cl2NO. The van der Waals surface area contributed by atoms with E-state index in [0.717, 1.165) is 12.0 Å². The summed E-state index contributed by atoms with van der Waals surface area (Å²) in [6.45, 7) is 0.571.